The lowest BCUT2D eigenvalue weighted by Crippen LogP contribution is -2.53. The van der Waals surface area contributed by atoms with Gasteiger partial charge in [-0.2, -0.15) is 0 Å². The lowest BCUT2D eigenvalue weighted by Gasteiger charge is -2.58. The van der Waals surface area contributed by atoms with Gasteiger partial charge in [0.15, 0.2) is 0 Å². The van der Waals surface area contributed by atoms with E-state index in [0.29, 0.717) is 24.2 Å². The second-order valence-corrected chi connectivity index (χ2v) is 9.77. The SMILES string of the molecule is CN1C(=O)CC[C@@]2(C)C1=CC[C@@H]1[C@@H]2CC[C@]2(C)C(c3cncc(F)c3)=CC[C@@H]12. The third-order valence-electron chi connectivity index (χ3n) is 8.61. The van der Waals surface area contributed by atoms with Gasteiger partial charge in [-0.1, -0.05) is 26.0 Å². The van der Waals surface area contributed by atoms with Crippen molar-refractivity contribution in [2.45, 2.75) is 52.4 Å². The Hall–Kier alpha value is -1.97. The molecule has 0 bridgehead atoms. The fraction of sp³-hybridized carbons (Fsp3) is 0.583. The van der Waals surface area contributed by atoms with Crippen LogP contribution in [0.25, 0.3) is 5.57 Å². The fourth-order valence-corrected chi connectivity index (χ4v) is 7.15. The Balaban J connectivity index is 1.49. The maximum Gasteiger partial charge on any atom is 0.226 e. The molecule has 4 heteroatoms. The topological polar surface area (TPSA) is 33.2 Å². The number of pyridine rings is 1. The molecular formula is C24H29FN2O. The summed E-state index contributed by atoms with van der Waals surface area (Å²) >= 11 is 0. The average molecular weight is 381 g/mol. The Labute approximate surface area is 166 Å². The molecule has 5 atom stereocenters. The summed E-state index contributed by atoms with van der Waals surface area (Å²) in [4.78, 5) is 18.3. The molecule has 2 fully saturated rings. The van der Waals surface area contributed by atoms with E-state index in [4.69, 9.17) is 0 Å². The summed E-state index contributed by atoms with van der Waals surface area (Å²) in [5, 5.41) is 0. The molecule has 1 aromatic rings. The van der Waals surface area contributed by atoms with Crippen LogP contribution in [-0.2, 0) is 4.79 Å². The Morgan fingerprint density at radius 1 is 1.11 bits per heavy atom. The predicted molar refractivity (Wildman–Crippen MR) is 107 cm³/mol. The Bertz CT molecular complexity index is 906. The molecule has 1 saturated heterocycles. The summed E-state index contributed by atoms with van der Waals surface area (Å²) in [6.45, 7) is 4.77. The number of likely N-dealkylation sites (tertiary alicyclic amines) is 1. The molecule has 0 spiro atoms. The monoisotopic (exact) mass is 380 g/mol. The van der Waals surface area contributed by atoms with Gasteiger partial charge in [0, 0.05) is 30.8 Å². The maximum absolute atomic E-state index is 13.8. The van der Waals surface area contributed by atoms with Crippen LogP contribution < -0.4 is 0 Å². The summed E-state index contributed by atoms with van der Waals surface area (Å²) in [6.07, 6.45) is 13.9. The third kappa shape index (κ3) is 2.33. The maximum atomic E-state index is 13.8. The first-order valence-electron chi connectivity index (χ1n) is 10.6. The van der Waals surface area contributed by atoms with Crippen molar-refractivity contribution in [3.05, 3.63) is 47.7 Å². The summed E-state index contributed by atoms with van der Waals surface area (Å²) in [6, 6.07) is 1.64. The zero-order valence-corrected chi connectivity index (χ0v) is 17.0. The third-order valence-corrected chi connectivity index (χ3v) is 8.61. The van der Waals surface area contributed by atoms with E-state index in [1.807, 2.05) is 18.1 Å². The number of carbonyl (C=O) groups excluding carboxylic acids is 1. The van der Waals surface area contributed by atoms with Crippen LogP contribution >= 0.6 is 0 Å². The molecule has 2 heterocycles. The van der Waals surface area contributed by atoms with E-state index >= 15 is 0 Å². The molecule has 1 amide bonds. The van der Waals surface area contributed by atoms with E-state index < -0.39 is 0 Å². The van der Waals surface area contributed by atoms with Crippen LogP contribution in [0.15, 0.2) is 36.3 Å². The van der Waals surface area contributed by atoms with Gasteiger partial charge in [0.05, 0.1) is 6.20 Å². The van der Waals surface area contributed by atoms with Crippen LogP contribution in [0.3, 0.4) is 0 Å². The molecular weight excluding hydrogens is 351 g/mol. The van der Waals surface area contributed by atoms with Gasteiger partial charge >= 0.3 is 0 Å². The molecule has 0 aromatic carbocycles. The van der Waals surface area contributed by atoms with Crippen LogP contribution in [0, 0.1) is 34.4 Å². The summed E-state index contributed by atoms with van der Waals surface area (Å²) in [5.41, 5.74) is 3.70. The van der Waals surface area contributed by atoms with Crippen molar-refractivity contribution in [2.24, 2.45) is 28.6 Å². The van der Waals surface area contributed by atoms with E-state index in [-0.39, 0.29) is 22.6 Å². The van der Waals surface area contributed by atoms with Gasteiger partial charge < -0.3 is 4.90 Å². The van der Waals surface area contributed by atoms with Crippen molar-refractivity contribution in [1.82, 2.24) is 9.88 Å². The number of piperidine rings is 1. The van der Waals surface area contributed by atoms with E-state index in [9.17, 15) is 9.18 Å². The number of carbonyl (C=O) groups is 1. The largest absolute Gasteiger partial charge is 0.319 e. The fourth-order valence-electron chi connectivity index (χ4n) is 7.15. The first-order chi connectivity index (χ1) is 13.3. The van der Waals surface area contributed by atoms with Crippen molar-refractivity contribution >= 4 is 11.5 Å². The summed E-state index contributed by atoms with van der Waals surface area (Å²) in [5.74, 6) is 1.84. The molecule has 1 saturated carbocycles. The van der Waals surface area contributed by atoms with Gasteiger partial charge in [0.25, 0.3) is 0 Å². The van der Waals surface area contributed by atoms with Gasteiger partial charge in [-0.3, -0.25) is 9.78 Å². The smallest absolute Gasteiger partial charge is 0.226 e. The molecule has 148 valence electrons. The number of hydrogen-bond acceptors (Lipinski definition) is 2. The van der Waals surface area contributed by atoms with Gasteiger partial charge in [-0.15, -0.1) is 0 Å². The molecule has 0 N–H and O–H groups in total. The minimum absolute atomic E-state index is 0.0920. The number of hydrogen-bond donors (Lipinski definition) is 0. The molecule has 28 heavy (non-hydrogen) atoms. The number of amides is 1. The summed E-state index contributed by atoms with van der Waals surface area (Å²) < 4.78 is 13.8. The van der Waals surface area contributed by atoms with Crippen molar-refractivity contribution in [1.29, 1.82) is 0 Å². The zero-order valence-electron chi connectivity index (χ0n) is 17.0. The first kappa shape index (κ1) is 18.1. The van der Waals surface area contributed by atoms with Crippen LogP contribution in [-0.4, -0.2) is 22.8 Å². The van der Waals surface area contributed by atoms with Crippen molar-refractivity contribution < 1.29 is 9.18 Å². The van der Waals surface area contributed by atoms with Gasteiger partial charge in [-0.05, 0) is 72.5 Å². The highest BCUT2D eigenvalue weighted by Crippen LogP contribution is 2.65. The zero-order chi connectivity index (χ0) is 19.7. The van der Waals surface area contributed by atoms with Crippen LogP contribution in [0.1, 0.15) is 57.9 Å². The van der Waals surface area contributed by atoms with E-state index in [2.05, 4.69) is 31.0 Å². The molecule has 0 radical (unpaired) electrons. The van der Waals surface area contributed by atoms with Crippen LogP contribution in [0.4, 0.5) is 4.39 Å². The average Bonchev–Trinajstić information content (AvgIpc) is 3.02. The highest BCUT2D eigenvalue weighted by molar-refractivity contribution is 5.79. The van der Waals surface area contributed by atoms with E-state index in [0.717, 1.165) is 31.2 Å². The number of aromatic nitrogens is 1. The minimum Gasteiger partial charge on any atom is -0.319 e. The minimum atomic E-state index is -0.258. The number of fused-ring (bicyclic) bond motifs is 5. The molecule has 3 nitrogen and oxygen atoms in total. The molecule has 5 rings (SSSR count). The van der Waals surface area contributed by atoms with Crippen LogP contribution in [0.2, 0.25) is 0 Å². The number of halogens is 1. The molecule has 4 aliphatic rings. The normalized spacial score (nSPS) is 39.6. The molecule has 3 aliphatic carbocycles. The van der Waals surface area contributed by atoms with Crippen LogP contribution in [0.5, 0.6) is 0 Å². The van der Waals surface area contributed by atoms with Crippen molar-refractivity contribution in [3.8, 4) is 0 Å². The summed E-state index contributed by atoms with van der Waals surface area (Å²) in [7, 11) is 1.95. The molecule has 1 aromatic heterocycles. The molecule has 0 unspecified atom stereocenters. The van der Waals surface area contributed by atoms with Gasteiger partial charge in [0.2, 0.25) is 5.91 Å². The second kappa shape index (κ2) is 6.01. The first-order valence-corrected chi connectivity index (χ1v) is 10.6. The second-order valence-electron chi connectivity index (χ2n) is 9.77. The quantitative estimate of drug-likeness (QED) is 0.671. The van der Waals surface area contributed by atoms with Gasteiger partial charge in [0.1, 0.15) is 5.82 Å². The standard InChI is InChI=1S/C24H29FN2O/c1-23-10-8-20-17(4-7-21-24(20,2)11-9-22(28)27(21)3)19(23)6-5-18(23)15-12-16(25)14-26-13-15/h5,7,12-14,17,19-20H,4,6,8-11H2,1-3H3/t17-,19-,20-,23+,24+/m0/s1. The lowest BCUT2D eigenvalue weighted by atomic mass is 9.49. The highest BCUT2D eigenvalue weighted by atomic mass is 19.1. The van der Waals surface area contributed by atoms with E-state index in [1.165, 1.54) is 23.9 Å². The Morgan fingerprint density at radius 2 is 1.93 bits per heavy atom. The van der Waals surface area contributed by atoms with E-state index in [1.54, 1.807) is 6.07 Å². The molecule has 1 aliphatic heterocycles. The van der Waals surface area contributed by atoms with Gasteiger partial charge in [-0.25, -0.2) is 4.39 Å². The highest BCUT2D eigenvalue weighted by Gasteiger charge is 2.57. The lowest BCUT2D eigenvalue weighted by molar-refractivity contribution is -0.135. The van der Waals surface area contributed by atoms with Crippen molar-refractivity contribution in [3.63, 3.8) is 0 Å². The predicted octanol–water partition coefficient (Wildman–Crippen LogP) is 5.20. The number of rotatable bonds is 1. The number of nitrogens with zero attached hydrogens (tertiary/aromatic N) is 2. The number of allylic oxidation sites excluding steroid dienone is 4. The Morgan fingerprint density at radius 3 is 2.71 bits per heavy atom. The van der Waals surface area contributed by atoms with Crippen molar-refractivity contribution in [2.75, 3.05) is 7.05 Å². The Kier molecular flexibility index (Phi) is 3.88.